The summed E-state index contributed by atoms with van der Waals surface area (Å²) in [5, 5.41) is 9.66. The molecular weight excluding hydrogens is 416 g/mol. The van der Waals surface area contributed by atoms with Crippen molar-refractivity contribution in [2.75, 3.05) is 24.5 Å². The molecule has 2 aromatic rings. The molecule has 2 aliphatic heterocycles. The van der Waals surface area contributed by atoms with Gasteiger partial charge in [-0.05, 0) is 48.7 Å². The predicted molar refractivity (Wildman–Crippen MR) is 108 cm³/mol. The van der Waals surface area contributed by atoms with E-state index in [9.17, 15) is 23.1 Å². The van der Waals surface area contributed by atoms with Gasteiger partial charge in [0, 0.05) is 23.8 Å². The third kappa shape index (κ3) is 3.21. The number of halogens is 1. The highest BCUT2D eigenvalue weighted by molar-refractivity contribution is 7.89. The number of aliphatic carboxylic acids is 1. The number of anilines is 1. The van der Waals surface area contributed by atoms with Crippen LogP contribution in [0.1, 0.15) is 18.4 Å². The Bertz CT molecular complexity index is 1080. The number of piperidine rings is 1. The molecule has 9 heteroatoms. The summed E-state index contributed by atoms with van der Waals surface area (Å²) in [7, 11) is -3.70. The van der Waals surface area contributed by atoms with E-state index in [0.717, 1.165) is 5.56 Å². The Morgan fingerprint density at radius 3 is 2.31 bits per heavy atom. The minimum absolute atomic E-state index is 0.156. The van der Waals surface area contributed by atoms with Crippen LogP contribution in [-0.2, 0) is 25.0 Å². The van der Waals surface area contributed by atoms with Crippen molar-refractivity contribution in [3.63, 3.8) is 0 Å². The summed E-state index contributed by atoms with van der Waals surface area (Å²) in [5.74, 6) is -1.36. The van der Waals surface area contributed by atoms with E-state index < -0.39 is 28.0 Å². The number of sulfonamides is 1. The normalized spacial score (nSPS) is 18.8. The molecule has 1 saturated heterocycles. The van der Waals surface area contributed by atoms with Crippen LogP contribution in [0.3, 0.4) is 0 Å². The number of hydrogen-bond acceptors (Lipinski definition) is 4. The molecule has 0 atom stereocenters. The second-order valence-corrected chi connectivity index (χ2v) is 9.62. The molecule has 29 heavy (non-hydrogen) atoms. The first-order chi connectivity index (χ1) is 13.8. The minimum Gasteiger partial charge on any atom is -0.480 e. The summed E-state index contributed by atoms with van der Waals surface area (Å²) < 4.78 is 27.3. The molecule has 0 unspecified atom stereocenters. The average molecular weight is 435 g/mol. The molecule has 0 aliphatic carbocycles. The van der Waals surface area contributed by atoms with E-state index in [1.54, 1.807) is 12.1 Å². The second-order valence-electron chi connectivity index (χ2n) is 7.24. The van der Waals surface area contributed by atoms with Gasteiger partial charge in [0.05, 0.1) is 10.3 Å². The van der Waals surface area contributed by atoms with Crippen LogP contribution in [0, 0.1) is 0 Å². The monoisotopic (exact) mass is 434 g/mol. The summed E-state index contributed by atoms with van der Waals surface area (Å²) in [6.07, 6.45) is 0.595. The molecule has 1 N–H and O–H groups in total. The van der Waals surface area contributed by atoms with Gasteiger partial charge in [0.15, 0.2) is 0 Å². The van der Waals surface area contributed by atoms with Gasteiger partial charge in [0.1, 0.15) is 6.54 Å². The lowest BCUT2D eigenvalue weighted by molar-refractivity contribution is -0.137. The molecule has 0 saturated carbocycles. The van der Waals surface area contributed by atoms with Crippen LogP contribution in [0.5, 0.6) is 0 Å². The van der Waals surface area contributed by atoms with Gasteiger partial charge in [-0.1, -0.05) is 29.8 Å². The van der Waals surface area contributed by atoms with E-state index in [1.165, 1.54) is 33.5 Å². The molecular formula is C20H19ClN2O5S. The van der Waals surface area contributed by atoms with Crippen molar-refractivity contribution in [3.8, 4) is 0 Å². The standard InChI is InChI=1S/C20H19ClN2O5S/c21-14-5-7-15(8-6-14)29(27,28)22-11-9-20(10-12-22)16-3-1-2-4-17(16)23(19(20)26)13-18(24)25/h1-8H,9-13H2,(H,24,25). The maximum Gasteiger partial charge on any atom is 0.323 e. The Balaban J connectivity index is 1.62. The number of benzene rings is 2. The van der Waals surface area contributed by atoms with E-state index in [0.29, 0.717) is 23.6 Å². The highest BCUT2D eigenvalue weighted by Crippen LogP contribution is 2.48. The van der Waals surface area contributed by atoms with Crippen molar-refractivity contribution < 1.29 is 23.1 Å². The van der Waals surface area contributed by atoms with Crippen molar-refractivity contribution in [1.82, 2.24) is 4.31 Å². The topological polar surface area (TPSA) is 95.0 Å². The van der Waals surface area contributed by atoms with Crippen LogP contribution < -0.4 is 4.90 Å². The fourth-order valence-corrected chi connectivity index (χ4v) is 5.80. The van der Waals surface area contributed by atoms with E-state index in [2.05, 4.69) is 0 Å². The van der Waals surface area contributed by atoms with Gasteiger partial charge in [-0.3, -0.25) is 9.59 Å². The number of carbonyl (C=O) groups excluding carboxylic acids is 1. The van der Waals surface area contributed by atoms with Gasteiger partial charge in [-0.25, -0.2) is 8.42 Å². The number of hydrogen-bond donors (Lipinski definition) is 1. The van der Waals surface area contributed by atoms with Gasteiger partial charge < -0.3 is 10.0 Å². The van der Waals surface area contributed by atoms with Crippen LogP contribution in [0.4, 0.5) is 5.69 Å². The van der Waals surface area contributed by atoms with Crippen molar-refractivity contribution in [2.45, 2.75) is 23.2 Å². The number of nitrogens with zero attached hydrogens (tertiary/aromatic N) is 2. The number of carboxylic acid groups (broad SMARTS) is 1. The molecule has 0 aromatic heterocycles. The van der Waals surface area contributed by atoms with Crippen LogP contribution >= 0.6 is 11.6 Å². The number of carboxylic acids is 1. The smallest absolute Gasteiger partial charge is 0.323 e. The second kappa shape index (κ2) is 7.12. The van der Waals surface area contributed by atoms with Gasteiger partial charge in [-0.15, -0.1) is 0 Å². The quantitative estimate of drug-likeness (QED) is 0.797. The summed E-state index contributed by atoms with van der Waals surface area (Å²) in [4.78, 5) is 25.9. The highest BCUT2D eigenvalue weighted by atomic mass is 35.5. The van der Waals surface area contributed by atoms with Crippen LogP contribution in [0.25, 0.3) is 0 Å². The Morgan fingerprint density at radius 2 is 1.69 bits per heavy atom. The van der Waals surface area contributed by atoms with Crippen molar-refractivity contribution >= 4 is 39.2 Å². The lowest BCUT2D eigenvalue weighted by Gasteiger charge is -2.37. The predicted octanol–water partition coefficient (Wildman–Crippen LogP) is 2.49. The number of carbonyl (C=O) groups is 2. The van der Waals surface area contributed by atoms with E-state index in [4.69, 9.17) is 11.6 Å². The molecule has 0 radical (unpaired) electrons. The largest absolute Gasteiger partial charge is 0.480 e. The first kappa shape index (κ1) is 19.9. The number of fused-ring (bicyclic) bond motifs is 2. The van der Waals surface area contributed by atoms with Gasteiger partial charge >= 0.3 is 5.97 Å². The molecule has 152 valence electrons. The fraction of sp³-hybridized carbons (Fsp3) is 0.300. The third-order valence-corrected chi connectivity index (χ3v) is 7.85. The third-order valence-electron chi connectivity index (χ3n) is 5.69. The summed E-state index contributed by atoms with van der Waals surface area (Å²) in [6.45, 7) is -0.0672. The summed E-state index contributed by atoms with van der Waals surface area (Å²) >= 11 is 5.85. The SMILES string of the molecule is O=C(O)CN1C(=O)C2(CCN(S(=O)(=O)c3ccc(Cl)cc3)CC2)c2ccccc21. The zero-order chi connectivity index (χ0) is 20.8. The first-order valence-corrected chi connectivity index (χ1v) is 11.0. The molecule has 2 heterocycles. The molecule has 0 bridgehead atoms. The van der Waals surface area contributed by atoms with Crippen LogP contribution in [-0.4, -0.2) is 49.3 Å². The Hall–Kier alpha value is -2.42. The molecule has 1 spiro atoms. The fourth-order valence-electron chi connectivity index (χ4n) is 4.24. The van der Waals surface area contributed by atoms with Crippen molar-refractivity contribution in [1.29, 1.82) is 0 Å². The maximum absolute atomic E-state index is 13.2. The van der Waals surface area contributed by atoms with Gasteiger partial charge in [0.2, 0.25) is 15.9 Å². The molecule has 1 amide bonds. The zero-order valence-electron chi connectivity index (χ0n) is 15.4. The van der Waals surface area contributed by atoms with E-state index in [1.807, 2.05) is 12.1 Å². The highest BCUT2D eigenvalue weighted by Gasteiger charge is 2.53. The summed E-state index contributed by atoms with van der Waals surface area (Å²) in [6, 6.07) is 13.1. The molecule has 2 aromatic carbocycles. The molecule has 1 fully saturated rings. The Kier molecular flexibility index (Phi) is 4.88. The van der Waals surface area contributed by atoms with Crippen molar-refractivity contribution in [2.24, 2.45) is 0 Å². The van der Waals surface area contributed by atoms with Crippen LogP contribution in [0.2, 0.25) is 5.02 Å². The van der Waals surface area contributed by atoms with E-state index >= 15 is 0 Å². The Labute approximate surface area is 173 Å². The molecule has 4 rings (SSSR count). The first-order valence-electron chi connectivity index (χ1n) is 9.15. The lowest BCUT2D eigenvalue weighted by atomic mass is 9.74. The number of amides is 1. The number of para-hydroxylation sites is 1. The van der Waals surface area contributed by atoms with E-state index in [-0.39, 0.29) is 23.9 Å². The number of rotatable bonds is 4. The lowest BCUT2D eigenvalue weighted by Crippen LogP contribution is -2.50. The zero-order valence-corrected chi connectivity index (χ0v) is 17.0. The van der Waals surface area contributed by atoms with Crippen LogP contribution in [0.15, 0.2) is 53.4 Å². The molecule has 2 aliphatic rings. The van der Waals surface area contributed by atoms with Crippen molar-refractivity contribution in [3.05, 3.63) is 59.1 Å². The summed E-state index contributed by atoms with van der Waals surface area (Å²) in [5.41, 5.74) is 0.474. The Morgan fingerprint density at radius 1 is 1.07 bits per heavy atom. The van der Waals surface area contributed by atoms with Gasteiger partial charge in [0.25, 0.3) is 0 Å². The maximum atomic E-state index is 13.2. The molecule has 7 nitrogen and oxygen atoms in total. The average Bonchev–Trinajstić information content (AvgIpc) is 2.91. The minimum atomic E-state index is -3.70. The van der Waals surface area contributed by atoms with Gasteiger partial charge in [-0.2, -0.15) is 4.31 Å².